The van der Waals surface area contributed by atoms with Gasteiger partial charge in [-0.3, -0.25) is 37.3 Å². The van der Waals surface area contributed by atoms with Crippen LogP contribution < -0.4 is 0 Å². The van der Waals surface area contributed by atoms with Crippen molar-refractivity contribution in [2.24, 2.45) is 17.8 Å². The Hall–Kier alpha value is -1.94. The molecular formula is C70H136O17P2. The highest BCUT2D eigenvalue weighted by atomic mass is 31.2. The van der Waals surface area contributed by atoms with E-state index in [9.17, 15) is 43.2 Å². The molecule has 0 spiro atoms. The second-order valence-corrected chi connectivity index (χ2v) is 29.1. The van der Waals surface area contributed by atoms with Crippen LogP contribution >= 0.6 is 15.6 Å². The van der Waals surface area contributed by atoms with Gasteiger partial charge >= 0.3 is 39.5 Å². The number of hydrogen-bond acceptors (Lipinski definition) is 15. The molecule has 0 aliphatic rings. The summed E-state index contributed by atoms with van der Waals surface area (Å²) in [5.41, 5.74) is 0. The van der Waals surface area contributed by atoms with Gasteiger partial charge < -0.3 is 33.8 Å². The molecule has 0 saturated carbocycles. The Balaban J connectivity index is 5.20. The minimum atomic E-state index is -4.95. The molecule has 0 aromatic heterocycles. The molecule has 19 heteroatoms. The summed E-state index contributed by atoms with van der Waals surface area (Å²) in [5.74, 6) is 0.199. The van der Waals surface area contributed by atoms with Crippen LogP contribution in [-0.2, 0) is 65.4 Å². The first kappa shape index (κ1) is 87.1. The van der Waals surface area contributed by atoms with Gasteiger partial charge in [0.25, 0.3) is 0 Å². The van der Waals surface area contributed by atoms with Crippen LogP contribution in [0.1, 0.15) is 350 Å². The van der Waals surface area contributed by atoms with Crippen LogP contribution in [0.5, 0.6) is 0 Å². The average Bonchev–Trinajstić information content (AvgIpc) is 3.65. The molecule has 0 aromatic rings. The molecule has 3 N–H and O–H groups in total. The van der Waals surface area contributed by atoms with Gasteiger partial charge in [-0.05, 0) is 43.4 Å². The lowest BCUT2D eigenvalue weighted by atomic mass is 9.99. The van der Waals surface area contributed by atoms with Crippen LogP contribution in [0.15, 0.2) is 0 Å². The number of phosphoric ester groups is 2. The van der Waals surface area contributed by atoms with E-state index >= 15 is 0 Å². The normalized spacial score (nSPS) is 14.8. The Morgan fingerprint density at radius 3 is 0.854 bits per heavy atom. The summed E-state index contributed by atoms with van der Waals surface area (Å²) in [6.07, 6.45) is 44.6. The molecule has 17 nitrogen and oxygen atoms in total. The number of carbonyl (C=O) groups is 4. The number of esters is 4. The summed E-state index contributed by atoms with van der Waals surface area (Å²) in [4.78, 5) is 72.4. The molecule has 0 aliphatic heterocycles. The molecule has 528 valence electrons. The quantitative estimate of drug-likeness (QED) is 0.0222. The van der Waals surface area contributed by atoms with Crippen molar-refractivity contribution >= 4 is 39.5 Å². The number of carbonyl (C=O) groups excluding carboxylic acids is 4. The van der Waals surface area contributed by atoms with E-state index in [1.54, 1.807) is 0 Å². The van der Waals surface area contributed by atoms with Crippen molar-refractivity contribution in [3.63, 3.8) is 0 Å². The maximum Gasteiger partial charge on any atom is 0.472 e. The minimum Gasteiger partial charge on any atom is -0.462 e. The van der Waals surface area contributed by atoms with E-state index in [2.05, 4.69) is 48.5 Å². The molecule has 0 radical (unpaired) electrons. The number of rotatable bonds is 68. The highest BCUT2D eigenvalue weighted by molar-refractivity contribution is 7.47. The molecule has 0 heterocycles. The third-order valence-electron chi connectivity index (χ3n) is 16.9. The zero-order valence-corrected chi connectivity index (χ0v) is 59.7. The zero-order chi connectivity index (χ0) is 65.9. The number of ether oxygens (including phenoxy) is 4. The fourth-order valence-corrected chi connectivity index (χ4v) is 12.1. The smallest absolute Gasteiger partial charge is 0.462 e. The van der Waals surface area contributed by atoms with Gasteiger partial charge in [0.15, 0.2) is 12.2 Å². The van der Waals surface area contributed by atoms with Gasteiger partial charge in [-0.1, -0.05) is 299 Å². The highest BCUT2D eigenvalue weighted by Gasteiger charge is 2.30. The van der Waals surface area contributed by atoms with Gasteiger partial charge in [0.05, 0.1) is 26.4 Å². The van der Waals surface area contributed by atoms with Gasteiger partial charge in [0.1, 0.15) is 19.3 Å². The summed E-state index contributed by atoms with van der Waals surface area (Å²) in [5, 5.41) is 10.6. The first-order valence-electron chi connectivity index (χ1n) is 36.4. The first-order valence-corrected chi connectivity index (χ1v) is 39.4. The van der Waals surface area contributed by atoms with E-state index in [4.69, 9.17) is 37.0 Å². The third-order valence-corrected chi connectivity index (χ3v) is 18.8. The maximum absolute atomic E-state index is 13.0. The molecule has 0 aliphatic carbocycles. The van der Waals surface area contributed by atoms with E-state index in [0.29, 0.717) is 25.7 Å². The second kappa shape index (κ2) is 61.0. The van der Waals surface area contributed by atoms with Gasteiger partial charge in [-0.2, -0.15) is 0 Å². The molecule has 89 heavy (non-hydrogen) atoms. The summed E-state index contributed by atoms with van der Waals surface area (Å²) in [7, 11) is -9.90. The molecular weight excluding hydrogens is 1170 g/mol. The minimum absolute atomic E-state index is 0.102. The van der Waals surface area contributed by atoms with E-state index in [1.165, 1.54) is 148 Å². The fourth-order valence-electron chi connectivity index (χ4n) is 10.5. The molecule has 4 unspecified atom stereocenters. The molecule has 0 rings (SSSR count). The van der Waals surface area contributed by atoms with Crippen molar-refractivity contribution in [1.82, 2.24) is 0 Å². The van der Waals surface area contributed by atoms with Crippen LogP contribution in [0.25, 0.3) is 0 Å². The summed E-state index contributed by atoms with van der Waals surface area (Å²) >= 11 is 0. The fraction of sp³-hybridized carbons (Fsp3) is 0.943. The van der Waals surface area contributed by atoms with Gasteiger partial charge in [0, 0.05) is 25.7 Å². The lowest BCUT2D eigenvalue weighted by molar-refractivity contribution is -0.161. The summed E-state index contributed by atoms with van der Waals surface area (Å²) in [6, 6.07) is 0. The number of aliphatic hydroxyl groups excluding tert-OH is 1. The Bertz CT molecular complexity index is 1750. The Morgan fingerprint density at radius 2 is 0.573 bits per heavy atom. The summed E-state index contributed by atoms with van der Waals surface area (Å²) < 4.78 is 68.2. The third kappa shape index (κ3) is 62.0. The van der Waals surface area contributed by atoms with E-state index in [-0.39, 0.29) is 25.7 Å². The standard InChI is InChI=1S/C70H136O17P2/c1-8-11-12-13-27-37-44-51-67(72)80-57-66(87-70(75)54-47-40-33-32-36-43-50-63(7)10-3)60-85-89(78,79)83-56-64(71)55-82-88(76,77)84-59-65(58-81-68(73)52-45-38-30-25-22-21-24-29-35-42-49-62(6)9-2)86-69(74)53-46-39-31-26-20-18-16-14-15-17-19-23-28-34-41-48-61(4)5/h61-66,71H,8-60H2,1-7H3,(H,76,77)(H,78,79)/t62?,63?,64-,65-,66-/m1/s1. The van der Waals surface area contributed by atoms with Gasteiger partial charge in [0.2, 0.25) is 0 Å². The van der Waals surface area contributed by atoms with Crippen molar-refractivity contribution in [3.8, 4) is 0 Å². The summed E-state index contributed by atoms with van der Waals surface area (Å²) in [6.45, 7) is 11.8. The van der Waals surface area contributed by atoms with Crippen LogP contribution in [0.2, 0.25) is 0 Å². The van der Waals surface area contributed by atoms with Crippen molar-refractivity contribution in [2.45, 2.75) is 369 Å². The van der Waals surface area contributed by atoms with Crippen LogP contribution in [0.3, 0.4) is 0 Å². The van der Waals surface area contributed by atoms with E-state index < -0.39 is 97.5 Å². The van der Waals surface area contributed by atoms with Crippen molar-refractivity contribution < 1.29 is 80.2 Å². The SMILES string of the molecule is CCCCCCCCCC(=O)OC[C@H](COP(=O)(O)OC[C@H](O)COP(=O)(O)OC[C@@H](COC(=O)CCCCCCCCCCCCC(C)CC)OC(=O)CCCCCCCCCCCCCCCCCC(C)C)OC(=O)CCCCCCCCC(C)CC. The highest BCUT2D eigenvalue weighted by Crippen LogP contribution is 2.45. The van der Waals surface area contributed by atoms with Gasteiger partial charge in [-0.15, -0.1) is 0 Å². The topological polar surface area (TPSA) is 237 Å². The zero-order valence-electron chi connectivity index (χ0n) is 57.9. The van der Waals surface area contributed by atoms with E-state index in [1.807, 2.05) is 0 Å². The first-order chi connectivity index (χ1) is 42.8. The number of hydrogen-bond donors (Lipinski definition) is 3. The Morgan fingerprint density at radius 1 is 0.326 bits per heavy atom. The molecule has 0 bridgehead atoms. The largest absolute Gasteiger partial charge is 0.472 e. The molecule has 0 fully saturated rings. The van der Waals surface area contributed by atoms with Crippen LogP contribution in [0.4, 0.5) is 0 Å². The molecule has 0 aromatic carbocycles. The predicted molar refractivity (Wildman–Crippen MR) is 358 cm³/mol. The maximum atomic E-state index is 13.0. The van der Waals surface area contributed by atoms with Crippen molar-refractivity contribution in [1.29, 1.82) is 0 Å². The average molecular weight is 1310 g/mol. The predicted octanol–water partition coefficient (Wildman–Crippen LogP) is 19.8. The monoisotopic (exact) mass is 1310 g/mol. The molecule has 0 saturated heterocycles. The Labute approximate surface area is 543 Å². The van der Waals surface area contributed by atoms with Crippen molar-refractivity contribution in [2.75, 3.05) is 39.6 Å². The van der Waals surface area contributed by atoms with E-state index in [0.717, 1.165) is 120 Å². The molecule has 7 atom stereocenters. The number of aliphatic hydroxyl groups is 1. The second-order valence-electron chi connectivity index (χ2n) is 26.2. The number of phosphoric acid groups is 2. The molecule has 0 amide bonds. The lowest BCUT2D eigenvalue weighted by Gasteiger charge is -2.21. The van der Waals surface area contributed by atoms with Gasteiger partial charge in [-0.25, -0.2) is 9.13 Å². The van der Waals surface area contributed by atoms with Crippen LogP contribution in [0, 0.1) is 17.8 Å². The Kier molecular flexibility index (Phi) is 59.6. The lowest BCUT2D eigenvalue weighted by Crippen LogP contribution is -2.30. The van der Waals surface area contributed by atoms with Crippen LogP contribution in [-0.4, -0.2) is 96.7 Å². The van der Waals surface area contributed by atoms with Crippen molar-refractivity contribution in [3.05, 3.63) is 0 Å². The number of unbranched alkanes of at least 4 members (excludes halogenated alkanes) is 34.